The number of guanidine groups is 1. The zero-order chi connectivity index (χ0) is 22.2. The lowest BCUT2D eigenvalue weighted by Gasteiger charge is -2.37. The van der Waals surface area contributed by atoms with Gasteiger partial charge in [0, 0.05) is 38.8 Å². The Labute approximate surface area is 203 Å². The van der Waals surface area contributed by atoms with Gasteiger partial charge < -0.3 is 25.6 Å². The van der Waals surface area contributed by atoms with E-state index in [1.165, 1.54) is 6.07 Å². The number of nitrogens with one attached hydrogen (secondary N) is 1. The summed E-state index contributed by atoms with van der Waals surface area (Å²) in [7, 11) is 0. The minimum absolute atomic E-state index is 0. The fourth-order valence-corrected chi connectivity index (χ4v) is 3.37. The molecule has 1 amide bonds. The lowest BCUT2D eigenvalue weighted by Crippen LogP contribution is -2.52. The first-order chi connectivity index (χ1) is 15.0. The first kappa shape index (κ1) is 25.6. The van der Waals surface area contributed by atoms with Crippen molar-refractivity contribution in [3.8, 4) is 5.75 Å². The number of carbonyl (C=O) groups excluding carboxylic acids is 1. The number of halogens is 3. The van der Waals surface area contributed by atoms with Crippen molar-refractivity contribution in [3.05, 3.63) is 59.7 Å². The van der Waals surface area contributed by atoms with Crippen molar-refractivity contribution in [2.75, 3.05) is 44.2 Å². The molecule has 3 rings (SSSR count). The smallest absolute Gasteiger partial charge is 0.255 e. The number of piperazine rings is 1. The molecule has 0 bridgehead atoms. The monoisotopic (exact) mass is 559 g/mol. The van der Waals surface area contributed by atoms with Crippen LogP contribution in [0.1, 0.15) is 12.5 Å². The van der Waals surface area contributed by atoms with Gasteiger partial charge in [0.2, 0.25) is 0 Å². The Morgan fingerprint density at radius 3 is 2.59 bits per heavy atom. The van der Waals surface area contributed by atoms with E-state index in [0.717, 1.165) is 23.7 Å². The molecular weight excluding hydrogens is 531 g/mol. The molecule has 0 atom stereocenters. The lowest BCUT2D eigenvalue weighted by atomic mass is 10.2. The van der Waals surface area contributed by atoms with E-state index < -0.39 is 17.5 Å². The van der Waals surface area contributed by atoms with Crippen LogP contribution in [-0.2, 0) is 11.3 Å². The summed E-state index contributed by atoms with van der Waals surface area (Å²) in [5.74, 6) is -0.0905. The molecule has 0 saturated carbocycles. The van der Waals surface area contributed by atoms with Crippen molar-refractivity contribution in [2.45, 2.75) is 13.5 Å². The van der Waals surface area contributed by atoms with Gasteiger partial charge in [-0.25, -0.2) is 13.8 Å². The summed E-state index contributed by atoms with van der Waals surface area (Å²) in [6, 6.07) is 10.8. The van der Waals surface area contributed by atoms with Gasteiger partial charge in [0.05, 0.1) is 12.2 Å². The van der Waals surface area contributed by atoms with E-state index in [-0.39, 0.29) is 36.3 Å². The van der Waals surface area contributed by atoms with Gasteiger partial charge in [-0.05, 0) is 36.8 Å². The Bertz CT molecular complexity index is 936. The first-order valence-corrected chi connectivity index (χ1v) is 10.2. The Morgan fingerprint density at radius 2 is 1.91 bits per heavy atom. The maximum atomic E-state index is 14.1. The van der Waals surface area contributed by atoms with Gasteiger partial charge in [-0.1, -0.05) is 12.1 Å². The van der Waals surface area contributed by atoms with Crippen molar-refractivity contribution >= 4 is 41.5 Å². The van der Waals surface area contributed by atoms with Crippen LogP contribution in [-0.4, -0.2) is 56.1 Å². The van der Waals surface area contributed by atoms with Crippen LogP contribution in [0, 0.1) is 11.6 Å². The molecule has 0 aromatic heterocycles. The third-order valence-electron chi connectivity index (χ3n) is 4.85. The number of nitrogens with two attached hydrogens (primary N) is 1. The van der Waals surface area contributed by atoms with E-state index in [2.05, 4.69) is 10.2 Å². The number of carbonyl (C=O) groups is 1. The second-order valence-corrected chi connectivity index (χ2v) is 7.14. The van der Waals surface area contributed by atoms with E-state index in [1.807, 2.05) is 30.0 Å². The molecular formula is C22H28F2IN5O2. The summed E-state index contributed by atoms with van der Waals surface area (Å²) in [5.41, 5.74) is 6.33. The van der Waals surface area contributed by atoms with Gasteiger partial charge in [0.25, 0.3) is 5.91 Å². The predicted molar refractivity (Wildman–Crippen MR) is 132 cm³/mol. The molecule has 1 saturated heterocycles. The highest BCUT2D eigenvalue weighted by atomic mass is 127. The molecule has 174 valence electrons. The molecule has 0 aliphatic carbocycles. The maximum Gasteiger partial charge on any atom is 0.255 e. The topological polar surface area (TPSA) is 83.2 Å². The number of primary amides is 1. The first-order valence-electron chi connectivity index (χ1n) is 10.2. The number of rotatable bonds is 7. The summed E-state index contributed by atoms with van der Waals surface area (Å²) < 4.78 is 32.9. The highest BCUT2D eigenvalue weighted by Crippen LogP contribution is 2.22. The molecule has 0 unspecified atom stereocenters. The number of benzene rings is 2. The SMILES string of the molecule is CCNC(=NCc1cccc(OCC(N)=O)c1)N1CCN(c2cc(F)ccc2F)CC1.I. The van der Waals surface area contributed by atoms with Gasteiger partial charge in [0.1, 0.15) is 17.4 Å². The number of hydrogen-bond donors (Lipinski definition) is 2. The van der Waals surface area contributed by atoms with Crippen LogP contribution in [0.25, 0.3) is 0 Å². The van der Waals surface area contributed by atoms with Crippen LogP contribution in [0.2, 0.25) is 0 Å². The zero-order valence-electron chi connectivity index (χ0n) is 17.9. The van der Waals surface area contributed by atoms with Gasteiger partial charge in [-0.15, -0.1) is 24.0 Å². The van der Waals surface area contributed by atoms with Crippen molar-refractivity contribution < 1.29 is 18.3 Å². The molecule has 1 aliphatic heterocycles. The highest BCUT2D eigenvalue weighted by Gasteiger charge is 2.22. The fraction of sp³-hybridized carbons (Fsp3) is 0.364. The van der Waals surface area contributed by atoms with E-state index in [0.29, 0.717) is 45.0 Å². The Kier molecular flexibility index (Phi) is 9.95. The van der Waals surface area contributed by atoms with E-state index in [1.54, 1.807) is 6.07 Å². The zero-order valence-corrected chi connectivity index (χ0v) is 20.2. The number of amides is 1. The number of nitrogens with zero attached hydrogens (tertiary/aromatic N) is 3. The summed E-state index contributed by atoms with van der Waals surface area (Å²) in [6.07, 6.45) is 0. The molecule has 0 radical (unpaired) electrons. The van der Waals surface area contributed by atoms with E-state index in [4.69, 9.17) is 15.5 Å². The van der Waals surface area contributed by atoms with Crippen LogP contribution >= 0.6 is 24.0 Å². The van der Waals surface area contributed by atoms with Gasteiger partial charge >= 0.3 is 0 Å². The van der Waals surface area contributed by atoms with Crippen LogP contribution in [0.3, 0.4) is 0 Å². The third-order valence-corrected chi connectivity index (χ3v) is 4.85. The summed E-state index contributed by atoms with van der Waals surface area (Å²) >= 11 is 0. The minimum atomic E-state index is -0.532. The molecule has 2 aromatic carbocycles. The predicted octanol–water partition coefficient (Wildman–Crippen LogP) is 2.73. The Morgan fingerprint density at radius 1 is 1.16 bits per heavy atom. The molecule has 7 nitrogen and oxygen atoms in total. The fourth-order valence-electron chi connectivity index (χ4n) is 3.37. The molecule has 1 heterocycles. The number of ether oxygens (including phenoxy) is 1. The second kappa shape index (κ2) is 12.4. The Hall–Kier alpha value is -2.63. The molecule has 1 aliphatic rings. The number of aliphatic imine (C=N–C) groups is 1. The van der Waals surface area contributed by atoms with Crippen molar-refractivity contribution in [1.29, 1.82) is 0 Å². The number of anilines is 1. The van der Waals surface area contributed by atoms with Crippen LogP contribution in [0.15, 0.2) is 47.5 Å². The minimum Gasteiger partial charge on any atom is -0.484 e. The van der Waals surface area contributed by atoms with Crippen LogP contribution in [0.4, 0.5) is 14.5 Å². The average molecular weight is 559 g/mol. The largest absolute Gasteiger partial charge is 0.484 e. The van der Waals surface area contributed by atoms with Crippen molar-refractivity contribution in [2.24, 2.45) is 10.7 Å². The molecule has 10 heteroatoms. The van der Waals surface area contributed by atoms with E-state index in [9.17, 15) is 13.6 Å². The molecule has 0 spiro atoms. The maximum absolute atomic E-state index is 14.1. The third kappa shape index (κ3) is 7.21. The van der Waals surface area contributed by atoms with Crippen molar-refractivity contribution in [3.63, 3.8) is 0 Å². The quantitative estimate of drug-likeness (QED) is 0.310. The summed E-state index contributed by atoms with van der Waals surface area (Å²) in [5, 5.41) is 3.28. The van der Waals surface area contributed by atoms with Gasteiger partial charge in [-0.3, -0.25) is 4.79 Å². The standard InChI is InChI=1S/C22H27F2N5O2.HI/c1-2-26-22(27-14-16-4-3-5-18(12-16)31-15-21(25)30)29-10-8-28(9-11-29)20-13-17(23)6-7-19(20)24;/h3-7,12-13H,2,8-11,14-15H2,1H3,(H2,25,30)(H,26,27);1H. The second-order valence-electron chi connectivity index (χ2n) is 7.14. The van der Waals surface area contributed by atoms with E-state index >= 15 is 0 Å². The Balaban J connectivity index is 0.00000363. The van der Waals surface area contributed by atoms with Crippen LogP contribution < -0.4 is 20.7 Å². The normalized spacial score (nSPS) is 14.0. The van der Waals surface area contributed by atoms with Gasteiger partial charge in [-0.2, -0.15) is 0 Å². The number of hydrogen-bond acceptors (Lipinski definition) is 4. The summed E-state index contributed by atoms with van der Waals surface area (Å²) in [4.78, 5) is 19.5. The lowest BCUT2D eigenvalue weighted by molar-refractivity contribution is -0.119. The molecule has 3 N–H and O–H groups in total. The molecule has 1 fully saturated rings. The van der Waals surface area contributed by atoms with Gasteiger partial charge in [0.15, 0.2) is 12.6 Å². The average Bonchev–Trinajstić information content (AvgIpc) is 2.77. The van der Waals surface area contributed by atoms with Crippen LogP contribution in [0.5, 0.6) is 5.75 Å². The van der Waals surface area contributed by atoms with Crippen molar-refractivity contribution in [1.82, 2.24) is 10.2 Å². The summed E-state index contributed by atoms with van der Waals surface area (Å²) in [6.45, 7) is 5.32. The molecule has 32 heavy (non-hydrogen) atoms. The molecule has 2 aromatic rings. The highest BCUT2D eigenvalue weighted by molar-refractivity contribution is 14.0.